The van der Waals surface area contributed by atoms with Crippen LogP contribution < -0.4 is 15.4 Å². The standard InChI is InChI=1S/C31H35N3O3/c1-37-29-9-4-3-8-25(29)24-14-16-27(30-26(24)15-17-28(30)35)33-31(36)22-10-12-23(13-11-22)32-18-7-21-34-19-5-2-6-20-34/h3-4,8-14,16,32H,2,5-7,15,17-21H2,1H3,(H,33,36). The molecule has 3 aromatic carbocycles. The van der Waals surface area contributed by atoms with Gasteiger partial charge in [-0.15, -0.1) is 0 Å². The fraction of sp³-hybridized carbons (Fsp3) is 0.355. The Balaban J connectivity index is 1.24. The van der Waals surface area contributed by atoms with Crippen molar-refractivity contribution in [3.8, 4) is 16.9 Å². The first kappa shape index (κ1) is 25.0. The number of ether oxygens (including phenoxy) is 1. The highest BCUT2D eigenvalue weighted by Crippen LogP contribution is 2.40. The van der Waals surface area contributed by atoms with E-state index in [0.717, 1.165) is 47.6 Å². The number of carbonyl (C=O) groups is 2. The molecule has 6 heteroatoms. The molecule has 1 amide bonds. The van der Waals surface area contributed by atoms with Gasteiger partial charge in [0.15, 0.2) is 5.78 Å². The van der Waals surface area contributed by atoms with Gasteiger partial charge in [0.05, 0.1) is 12.8 Å². The van der Waals surface area contributed by atoms with Crippen LogP contribution in [0.25, 0.3) is 11.1 Å². The van der Waals surface area contributed by atoms with E-state index >= 15 is 0 Å². The van der Waals surface area contributed by atoms with Gasteiger partial charge in [-0.25, -0.2) is 0 Å². The number of nitrogens with one attached hydrogen (secondary N) is 2. The van der Waals surface area contributed by atoms with E-state index in [-0.39, 0.29) is 11.7 Å². The minimum atomic E-state index is -0.219. The van der Waals surface area contributed by atoms with Gasteiger partial charge in [-0.2, -0.15) is 0 Å². The number of hydrogen-bond acceptors (Lipinski definition) is 5. The van der Waals surface area contributed by atoms with Gasteiger partial charge in [0.2, 0.25) is 0 Å². The van der Waals surface area contributed by atoms with E-state index in [9.17, 15) is 9.59 Å². The molecule has 0 radical (unpaired) electrons. The van der Waals surface area contributed by atoms with Gasteiger partial charge < -0.3 is 20.3 Å². The molecule has 1 heterocycles. The molecule has 37 heavy (non-hydrogen) atoms. The number of nitrogens with zero attached hydrogens (tertiary/aromatic N) is 1. The fourth-order valence-electron chi connectivity index (χ4n) is 5.47. The van der Waals surface area contributed by atoms with Crippen LogP contribution in [0, 0.1) is 0 Å². The number of hydrogen-bond donors (Lipinski definition) is 2. The summed E-state index contributed by atoms with van der Waals surface area (Å²) in [6.45, 7) is 4.49. The lowest BCUT2D eigenvalue weighted by molar-refractivity contribution is 0.0995. The van der Waals surface area contributed by atoms with Crippen LogP contribution in [0.3, 0.4) is 0 Å². The quantitative estimate of drug-likeness (QED) is 0.353. The molecule has 0 unspecified atom stereocenters. The minimum absolute atomic E-state index is 0.0612. The summed E-state index contributed by atoms with van der Waals surface area (Å²) in [7, 11) is 1.65. The van der Waals surface area contributed by atoms with E-state index in [2.05, 4.69) is 15.5 Å². The molecule has 192 valence electrons. The molecule has 0 atom stereocenters. The Morgan fingerprint density at radius 3 is 2.49 bits per heavy atom. The summed E-state index contributed by atoms with van der Waals surface area (Å²) < 4.78 is 5.55. The van der Waals surface area contributed by atoms with Gasteiger partial charge in [0.25, 0.3) is 5.91 Å². The third kappa shape index (κ3) is 5.70. The number of carbonyl (C=O) groups excluding carboxylic acids is 2. The highest BCUT2D eigenvalue weighted by atomic mass is 16.5. The first-order valence-electron chi connectivity index (χ1n) is 13.3. The first-order chi connectivity index (χ1) is 18.1. The third-order valence-corrected chi connectivity index (χ3v) is 7.42. The molecule has 0 saturated carbocycles. The Morgan fingerprint density at radius 2 is 1.70 bits per heavy atom. The second kappa shape index (κ2) is 11.6. The van der Waals surface area contributed by atoms with E-state index in [4.69, 9.17) is 4.74 Å². The topological polar surface area (TPSA) is 70.7 Å². The lowest BCUT2D eigenvalue weighted by Gasteiger charge is -2.26. The molecule has 0 bridgehead atoms. The zero-order valence-corrected chi connectivity index (χ0v) is 21.5. The molecular formula is C31H35N3O3. The largest absolute Gasteiger partial charge is 0.496 e. The van der Waals surface area contributed by atoms with Gasteiger partial charge >= 0.3 is 0 Å². The van der Waals surface area contributed by atoms with Gasteiger partial charge in [-0.05, 0) is 92.8 Å². The van der Waals surface area contributed by atoms with Crippen LogP contribution in [-0.4, -0.2) is 49.9 Å². The zero-order valence-electron chi connectivity index (χ0n) is 21.5. The van der Waals surface area contributed by atoms with Crippen molar-refractivity contribution in [2.45, 2.75) is 38.5 Å². The molecule has 2 N–H and O–H groups in total. The van der Waals surface area contributed by atoms with Crippen molar-refractivity contribution in [3.05, 3.63) is 77.4 Å². The van der Waals surface area contributed by atoms with Crippen molar-refractivity contribution in [3.63, 3.8) is 0 Å². The molecule has 3 aromatic rings. The summed E-state index contributed by atoms with van der Waals surface area (Å²) in [4.78, 5) is 28.4. The maximum Gasteiger partial charge on any atom is 0.255 e. The lowest BCUT2D eigenvalue weighted by atomic mass is 9.95. The summed E-state index contributed by atoms with van der Waals surface area (Å²) in [5, 5.41) is 6.45. The number of methoxy groups -OCH3 is 1. The SMILES string of the molecule is COc1ccccc1-c1ccc(NC(=O)c2ccc(NCCCN3CCCCC3)cc2)c2c1CCC2=O. The van der Waals surface area contributed by atoms with E-state index in [1.165, 1.54) is 32.4 Å². The van der Waals surface area contributed by atoms with Gasteiger partial charge in [0, 0.05) is 35.3 Å². The number of rotatable bonds is 9. The molecule has 6 nitrogen and oxygen atoms in total. The summed E-state index contributed by atoms with van der Waals surface area (Å²) in [6.07, 6.45) is 6.21. The fourth-order valence-corrected chi connectivity index (χ4v) is 5.47. The van der Waals surface area contributed by atoms with Crippen LogP contribution in [0.4, 0.5) is 11.4 Å². The monoisotopic (exact) mass is 497 g/mol. The smallest absolute Gasteiger partial charge is 0.255 e. The highest BCUT2D eigenvalue weighted by molar-refractivity contribution is 6.12. The number of fused-ring (bicyclic) bond motifs is 1. The van der Waals surface area contributed by atoms with Crippen LogP contribution in [0.1, 0.15) is 58.4 Å². The lowest BCUT2D eigenvalue weighted by Crippen LogP contribution is -2.31. The van der Waals surface area contributed by atoms with E-state index in [1.807, 2.05) is 60.7 Å². The predicted molar refractivity (Wildman–Crippen MR) is 149 cm³/mol. The number of amides is 1. The maximum atomic E-state index is 13.1. The summed E-state index contributed by atoms with van der Waals surface area (Å²) >= 11 is 0. The van der Waals surface area contributed by atoms with Crippen LogP contribution >= 0.6 is 0 Å². The van der Waals surface area contributed by atoms with E-state index in [1.54, 1.807) is 7.11 Å². The Bertz CT molecular complexity index is 1260. The molecule has 1 aliphatic heterocycles. The maximum absolute atomic E-state index is 13.1. The molecule has 2 aliphatic rings. The van der Waals surface area contributed by atoms with Crippen LogP contribution in [-0.2, 0) is 6.42 Å². The Kier molecular flexibility index (Phi) is 7.85. The van der Waals surface area contributed by atoms with Gasteiger partial charge in [-0.3, -0.25) is 9.59 Å². The molecule has 1 aliphatic carbocycles. The van der Waals surface area contributed by atoms with Crippen LogP contribution in [0.5, 0.6) is 5.75 Å². The van der Waals surface area contributed by atoms with Crippen molar-refractivity contribution < 1.29 is 14.3 Å². The molecule has 0 aromatic heterocycles. The highest BCUT2D eigenvalue weighted by Gasteiger charge is 2.28. The Morgan fingerprint density at radius 1 is 0.919 bits per heavy atom. The normalized spacial score (nSPS) is 15.3. The zero-order chi connectivity index (χ0) is 25.6. The molecule has 5 rings (SSSR count). The molecule has 0 spiro atoms. The van der Waals surface area contributed by atoms with Crippen molar-refractivity contribution >= 4 is 23.1 Å². The van der Waals surface area contributed by atoms with Gasteiger partial charge in [0.1, 0.15) is 5.75 Å². The molecular weight excluding hydrogens is 462 g/mol. The summed E-state index contributed by atoms with van der Waals surface area (Å²) in [5.74, 6) is 0.607. The predicted octanol–water partition coefficient (Wildman–Crippen LogP) is 6.03. The second-order valence-corrected chi connectivity index (χ2v) is 9.85. The molecule has 1 fully saturated rings. The van der Waals surface area contributed by atoms with Crippen LogP contribution in [0.2, 0.25) is 0 Å². The van der Waals surface area contributed by atoms with Crippen LogP contribution in [0.15, 0.2) is 60.7 Å². The Labute approximate surface area is 219 Å². The number of benzene rings is 3. The third-order valence-electron chi connectivity index (χ3n) is 7.42. The minimum Gasteiger partial charge on any atom is -0.496 e. The number of piperidine rings is 1. The van der Waals surface area contributed by atoms with Gasteiger partial charge in [-0.1, -0.05) is 30.7 Å². The Hall–Kier alpha value is -3.64. The van der Waals surface area contributed by atoms with E-state index < -0.39 is 0 Å². The summed E-state index contributed by atoms with van der Waals surface area (Å²) in [6, 6.07) is 19.2. The average Bonchev–Trinajstić information content (AvgIpc) is 3.34. The van der Waals surface area contributed by atoms with Crippen molar-refractivity contribution in [2.24, 2.45) is 0 Å². The number of para-hydroxylation sites is 1. The average molecular weight is 498 g/mol. The number of Topliss-reactive ketones (excluding diaryl/α,β-unsaturated/α-hetero) is 1. The van der Waals surface area contributed by atoms with Crippen molar-refractivity contribution in [1.29, 1.82) is 0 Å². The number of ketones is 1. The first-order valence-corrected chi connectivity index (χ1v) is 13.3. The second-order valence-electron chi connectivity index (χ2n) is 9.85. The molecule has 1 saturated heterocycles. The van der Waals surface area contributed by atoms with E-state index in [0.29, 0.717) is 29.7 Å². The number of likely N-dealkylation sites (tertiary alicyclic amines) is 1. The van der Waals surface area contributed by atoms with Crippen molar-refractivity contribution in [1.82, 2.24) is 4.90 Å². The van der Waals surface area contributed by atoms with Crippen molar-refractivity contribution in [2.75, 3.05) is 43.9 Å². The summed E-state index contributed by atoms with van der Waals surface area (Å²) in [5.41, 5.74) is 5.65. The number of anilines is 2.